The third-order valence-corrected chi connectivity index (χ3v) is 3.95. The second-order valence-corrected chi connectivity index (χ2v) is 5.72. The molecule has 0 saturated carbocycles. The zero-order valence-corrected chi connectivity index (χ0v) is 14.0. The number of hydrogen-bond donors (Lipinski definition) is 1. The number of methoxy groups -OCH3 is 1. The van der Waals surface area contributed by atoms with Crippen molar-refractivity contribution in [1.82, 2.24) is 9.97 Å². The zero-order valence-electron chi connectivity index (χ0n) is 14.0. The molecule has 0 aliphatic carbocycles. The zero-order chi connectivity index (χ0) is 17.2. The van der Waals surface area contributed by atoms with Gasteiger partial charge in [-0.2, -0.15) is 0 Å². The first-order chi connectivity index (χ1) is 12.2. The van der Waals surface area contributed by atoms with E-state index >= 15 is 0 Å². The van der Waals surface area contributed by atoms with Gasteiger partial charge in [0, 0.05) is 5.39 Å². The van der Waals surface area contributed by atoms with Crippen LogP contribution in [-0.2, 0) is 0 Å². The molecule has 2 aromatic heterocycles. The lowest BCUT2D eigenvalue weighted by atomic mass is 10.2. The van der Waals surface area contributed by atoms with Crippen LogP contribution in [0.3, 0.4) is 0 Å². The molecule has 0 aliphatic rings. The fraction of sp³-hybridized carbons (Fsp3) is 0.100. The van der Waals surface area contributed by atoms with Crippen LogP contribution in [0.4, 0.5) is 11.5 Å². The van der Waals surface area contributed by atoms with Crippen LogP contribution in [0.1, 0.15) is 5.56 Å². The predicted octanol–water partition coefficient (Wildman–Crippen LogP) is 4.95. The molecule has 0 atom stereocenters. The summed E-state index contributed by atoms with van der Waals surface area (Å²) in [5.41, 5.74) is 2.84. The number of fused-ring (bicyclic) bond motifs is 1. The minimum atomic E-state index is 0.540. The Hall–Kier alpha value is -3.34. The Morgan fingerprint density at radius 3 is 2.68 bits per heavy atom. The molecule has 5 nitrogen and oxygen atoms in total. The van der Waals surface area contributed by atoms with Gasteiger partial charge < -0.3 is 14.5 Å². The molecule has 1 N–H and O–H groups in total. The molecule has 2 heterocycles. The van der Waals surface area contributed by atoms with Gasteiger partial charge in [-0.3, -0.25) is 0 Å². The van der Waals surface area contributed by atoms with Crippen LogP contribution < -0.4 is 10.1 Å². The lowest BCUT2D eigenvalue weighted by molar-refractivity contribution is 0.416. The molecular formula is C20H17N3O2. The second kappa shape index (κ2) is 6.28. The standard InChI is InChI=1S/C20H17N3O2/c1-13-9-10-17(24-2)16(12-13)22-19-14-6-3-4-7-15(14)21-20(23-19)18-8-5-11-25-18/h3-12H,1-2H3,(H,21,22,23). The van der Waals surface area contributed by atoms with Gasteiger partial charge in [-0.15, -0.1) is 0 Å². The summed E-state index contributed by atoms with van der Waals surface area (Å²) in [7, 11) is 1.65. The number of ether oxygens (including phenoxy) is 1. The average Bonchev–Trinajstić information content (AvgIpc) is 3.16. The lowest BCUT2D eigenvalue weighted by Gasteiger charge is -2.13. The highest BCUT2D eigenvalue weighted by atomic mass is 16.5. The summed E-state index contributed by atoms with van der Waals surface area (Å²) in [4.78, 5) is 9.28. The number of furan rings is 1. The van der Waals surface area contributed by atoms with E-state index in [1.807, 2.05) is 61.5 Å². The fourth-order valence-electron chi connectivity index (χ4n) is 2.73. The molecule has 4 rings (SSSR count). The first-order valence-corrected chi connectivity index (χ1v) is 7.97. The molecule has 2 aromatic carbocycles. The van der Waals surface area contributed by atoms with Crippen molar-refractivity contribution in [2.45, 2.75) is 6.92 Å². The number of aryl methyl sites for hydroxylation is 1. The fourth-order valence-corrected chi connectivity index (χ4v) is 2.73. The quantitative estimate of drug-likeness (QED) is 0.573. The van der Waals surface area contributed by atoms with Crippen LogP contribution in [0, 0.1) is 6.92 Å². The van der Waals surface area contributed by atoms with Crippen molar-refractivity contribution in [3.63, 3.8) is 0 Å². The third kappa shape index (κ3) is 2.92. The maximum absolute atomic E-state index is 5.46. The van der Waals surface area contributed by atoms with Crippen LogP contribution in [-0.4, -0.2) is 17.1 Å². The van der Waals surface area contributed by atoms with Gasteiger partial charge in [0.05, 0.1) is 24.6 Å². The molecular weight excluding hydrogens is 314 g/mol. The topological polar surface area (TPSA) is 60.2 Å². The van der Waals surface area contributed by atoms with Crippen LogP contribution in [0.2, 0.25) is 0 Å². The van der Waals surface area contributed by atoms with E-state index in [0.717, 1.165) is 27.9 Å². The van der Waals surface area contributed by atoms with Crippen molar-refractivity contribution in [1.29, 1.82) is 0 Å². The first kappa shape index (κ1) is 15.2. The van der Waals surface area contributed by atoms with Gasteiger partial charge in [0.15, 0.2) is 11.6 Å². The molecule has 0 saturated heterocycles. The number of nitrogens with zero attached hydrogens (tertiary/aromatic N) is 2. The molecule has 25 heavy (non-hydrogen) atoms. The molecule has 124 valence electrons. The highest BCUT2D eigenvalue weighted by Gasteiger charge is 2.13. The molecule has 0 unspecified atom stereocenters. The normalized spacial score (nSPS) is 10.8. The number of anilines is 2. The predicted molar refractivity (Wildman–Crippen MR) is 98.3 cm³/mol. The van der Waals surface area contributed by atoms with E-state index in [1.165, 1.54) is 0 Å². The van der Waals surface area contributed by atoms with E-state index in [2.05, 4.69) is 15.3 Å². The number of para-hydroxylation sites is 1. The minimum absolute atomic E-state index is 0.540. The Morgan fingerprint density at radius 1 is 1.00 bits per heavy atom. The number of aromatic nitrogens is 2. The monoisotopic (exact) mass is 331 g/mol. The Kier molecular flexibility index (Phi) is 3.82. The summed E-state index contributed by atoms with van der Waals surface area (Å²) < 4.78 is 10.9. The molecule has 0 radical (unpaired) electrons. The largest absolute Gasteiger partial charge is 0.495 e. The van der Waals surface area contributed by atoms with Gasteiger partial charge in [-0.1, -0.05) is 18.2 Å². The van der Waals surface area contributed by atoms with Crippen molar-refractivity contribution in [2.75, 3.05) is 12.4 Å². The summed E-state index contributed by atoms with van der Waals surface area (Å²) in [5, 5.41) is 4.32. The van der Waals surface area contributed by atoms with E-state index in [0.29, 0.717) is 17.4 Å². The van der Waals surface area contributed by atoms with Gasteiger partial charge in [0.25, 0.3) is 0 Å². The Balaban J connectivity index is 1.87. The molecule has 0 bridgehead atoms. The van der Waals surface area contributed by atoms with Crippen LogP contribution >= 0.6 is 0 Å². The molecule has 4 aromatic rings. The molecule has 5 heteroatoms. The molecule has 0 aliphatic heterocycles. The van der Waals surface area contributed by atoms with Crippen molar-refractivity contribution in [3.05, 3.63) is 66.4 Å². The van der Waals surface area contributed by atoms with Crippen LogP contribution in [0.5, 0.6) is 5.75 Å². The Bertz CT molecular complexity index is 1030. The van der Waals surface area contributed by atoms with Gasteiger partial charge in [0.1, 0.15) is 11.6 Å². The minimum Gasteiger partial charge on any atom is -0.495 e. The van der Waals surface area contributed by atoms with Gasteiger partial charge in [-0.25, -0.2) is 9.97 Å². The van der Waals surface area contributed by atoms with Crippen LogP contribution in [0.15, 0.2) is 65.3 Å². The number of hydrogen-bond acceptors (Lipinski definition) is 5. The maximum atomic E-state index is 5.46. The number of rotatable bonds is 4. The lowest BCUT2D eigenvalue weighted by Crippen LogP contribution is -2.01. The summed E-state index contributed by atoms with van der Waals surface area (Å²) in [6.07, 6.45) is 1.62. The summed E-state index contributed by atoms with van der Waals surface area (Å²) in [6.45, 7) is 2.04. The van der Waals surface area contributed by atoms with E-state index in [-0.39, 0.29) is 0 Å². The third-order valence-electron chi connectivity index (χ3n) is 3.95. The van der Waals surface area contributed by atoms with Crippen molar-refractivity contribution in [2.24, 2.45) is 0 Å². The number of benzene rings is 2. The van der Waals surface area contributed by atoms with E-state index < -0.39 is 0 Å². The van der Waals surface area contributed by atoms with Gasteiger partial charge in [0.2, 0.25) is 0 Å². The van der Waals surface area contributed by atoms with Crippen molar-refractivity contribution < 1.29 is 9.15 Å². The Labute approximate surface area is 145 Å². The SMILES string of the molecule is COc1ccc(C)cc1Nc1nc(-c2ccco2)nc2ccccc12. The Morgan fingerprint density at radius 2 is 1.88 bits per heavy atom. The molecule has 0 fully saturated rings. The van der Waals surface area contributed by atoms with Crippen LogP contribution in [0.25, 0.3) is 22.5 Å². The van der Waals surface area contributed by atoms with Gasteiger partial charge >= 0.3 is 0 Å². The molecule has 0 spiro atoms. The second-order valence-electron chi connectivity index (χ2n) is 5.72. The van der Waals surface area contributed by atoms with Crippen molar-refractivity contribution in [3.8, 4) is 17.3 Å². The summed E-state index contributed by atoms with van der Waals surface area (Å²) in [5.74, 6) is 2.64. The van der Waals surface area contributed by atoms with Crippen molar-refractivity contribution >= 4 is 22.4 Å². The smallest absolute Gasteiger partial charge is 0.198 e. The van der Waals surface area contributed by atoms with E-state index in [1.54, 1.807) is 13.4 Å². The highest BCUT2D eigenvalue weighted by molar-refractivity contribution is 5.92. The first-order valence-electron chi connectivity index (χ1n) is 7.97. The van der Waals surface area contributed by atoms with E-state index in [9.17, 15) is 0 Å². The highest BCUT2D eigenvalue weighted by Crippen LogP contribution is 2.32. The average molecular weight is 331 g/mol. The van der Waals surface area contributed by atoms with Gasteiger partial charge in [-0.05, 0) is 48.9 Å². The maximum Gasteiger partial charge on any atom is 0.198 e. The van der Waals surface area contributed by atoms with E-state index in [4.69, 9.17) is 9.15 Å². The molecule has 0 amide bonds. The number of nitrogens with one attached hydrogen (secondary N) is 1. The summed E-state index contributed by atoms with van der Waals surface area (Å²) >= 11 is 0. The summed E-state index contributed by atoms with van der Waals surface area (Å²) in [6, 6.07) is 17.5.